The quantitative estimate of drug-likeness (QED) is 0.228. The first-order chi connectivity index (χ1) is 4.50. The maximum atomic E-state index is 9.40. The molecule has 0 aromatic heterocycles. The molecule has 0 fully saturated rings. The van der Waals surface area contributed by atoms with Gasteiger partial charge < -0.3 is 15.0 Å². The van der Waals surface area contributed by atoms with Gasteiger partial charge in [0.2, 0.25) is 6.54 Å². The Morgan fingerprint density at radius 3 is 1.58 bits per heavy atom. The summed E-state index contributed by atoms with van der Waals surface area (Å²) < 4.78 is 0. The van der Waals surface area contributed by atoms with Crippen molar-refractivity contribution in [1.29, 1.82) is 0 Å². The molecule has 0 unspecified atom stereocenters. The Balaban J connectivity index is -0.0000000483. The Labute approximate surface area is 93.8 Å². The Hall–Kier alpha value is -0.135. The van der Waals surface area contributed by atoms with Gasteiger partial charge in [0.05, 0.1) is 0 Å². The summed E-state index contributed by atoms with van der Waals surface area (Å²) in [6.45, 7) is 1.88. The van der Waals surface area contributed by atoms with E-state index in [-0.39, 0.29) is 49.2 Å². The summed E-state index contributed by atoms with van der Waals surface area (Å²) >= 11 is 0. The second kappa shape index (κ2) is 17.1. The number of nitrogens with zero attached hydrogens (tertiary/aromatic N) is 1. The van der Waals surface area contributed by atoms with Gasteiger partial charge in [-0.05, 0) is 6.16 Å². The summed E-state index contributed by atoms with van der Waals surface area (Å²) in [5.74, 6) is 0. The van der Waals surface area contributed by atoms with Gasteiger partial charge in [-0.15, -0.1) is 0 Å². The summed E-state index contributed by atoms with van der Waals surface area (Å²) in [5, 5.41) is 26.1. The topological polar surface area (TPSA) is 106 Å². The number of rotatable bonds is 2. The van der Waals surface area contributed by atoms with E-state index in [2.05, 4.69) is 0 Å². The molecule has 6 nitrogen and oxygen atoms in total. The van der Waals surface area contributed by atoms with E-state index < -0.39 is 6.16 Å². The fourth-order valence-corrected chi connectivity index (χ4v) is 0.183. The van der Waals surface area contributed by atoms with Gasteiger partial charge in [-0.3, -0.25) is 10.1 Å². The van der Waals surface area contributed by atoms with Crippen LogP contribution in [0.25, 0.3) is 0 Å². The summed E-state index contributed by atoms with van der Waals surface area (Å²) in [5.41, 5.74) is 0. The van der Waals surface area contributed by atoms with Crippen LogP contribution in [0.1, 0.15) is 13.3 Å². The van der Waals surface area contributed by atoms with Crippen LogP contribution < -0.4 is 47.9 Å². The molecule has 0 atom stereocenters. The molecule has 0 saturated heterocycles. The molecule has 0 aliphatic heterocycles. The Morgan fingerprint density at radius 2 is 1.58 bits per heavy atom. The van der Waals surface area contributed by atoms with Crippen molar-refractivity contribution in [3.8, 4) is 0 Å². The molecule has 8 heteroatoms. The molecule has 0 spiro atoms. The van der Waals surface area contributed by atoms with Gasteiger partial charge in [0.15, 0.2) is 0 Å². The fraction of sp³-hybridized carbons (Fsp3) is 0.750. The maximum Gasteiger partial charge on any atom is 1.00 e. The standard InChI is InChI=1S/C3H7NO2.CH2O3.2Li/c1-2-3-4(5)6;2-1(3)4;;/h2-3H2,1H3;(H2,2,3,4);;/q;;2*+1/p-2. The van der Waals surface area contributed by atoms with Crippen molar-refractivity contribution in [1.82, 2.24) is 0 Å². The second-order valence-electron chi connectivity index (χ2n) is 1.31. The predicted molar refractivity (Wildman–Crippen MR) is 27.5 cm³/mol. The van der Waals surface area contributed by atoms with Crippen LogP contribution >= 0.6 is 0 Å². The van der Waals surface area contributed by atoms with Gasteiger partial charge in [-0.2, -0.15) is 0 Å². The largest absolute Gasteiger partial charge is 1.00 e. The van der Waals surface area contributed by atoms with Crippen molar-refractivity contribution in [2.24, 2.45) is 0 Å². The molecule has 0 radical (unpaired) electrons. The second-order valence-corrected chi connectivity index (χ2v) is 1.31. The zero-order valence-corrected chi connectivity index (χ0v) is 7.40. The third-order valence-corrected chi connectivity index (χ3v) is 0.406. The Bertz CT molecular complexity index is 116. The number of hydrogen-bond donors (Lipinski definition) is 0. The van der Waals surface area contributed by atoms with Gasteiger partial charge in [0, 0.05) is 11.3 Å². The fourth-order valence-electron chi connectivity index (χ4n) is 0.183. The van der Waals surface area contributed by atoms with Crippen LogP contribution in [0.5, 0.6) is 0 Å². The van der Waals surface area contributed by atoms with Gasteiger partial charge in [-0.1, -0.05) is 6.92 Å². The van der Waals surface area contributed by atoms with E-state index >= 15 is 0 Å². The van der Waals surface area contributed by atoms with Crippen molar-refractivity contribution in [3.05, 3.63) is 10.1 Å². The molecule has 0 aliphatic rings. The molecule has 0 aliphatic carbocycles. The van der Waals surface area contributed by atoms with Crippen LogP contribution in [0.3, 0.4) is 0 Å². The minimum absolute atomic E-state index is 0. The SMILES string of the molecule is CCC[N+](=O)[O-].O=C([O-])[O-].[Li+].[Li+]. The van der Waals surface area contributed by atoms with Crippen LogP contribution in [-0.2, 0) is 0 Å². The van der Waals surface area contributed by atoms with Crippen LogP contribution in [-0.4, -0.2) is 17.6 Å². The number of hydrogen-bond acceptors (Lipinski definition) is 5. The van der Waals surface area contributed by atoms with Crippen LogP contribution in [0, 0.1) is 10.1 Å². The predicted octanol–water partition coefficient (Wildman–Crippen LogP) is -7.77. The molecule has 12 heavy (non-hydrogen) atoms. The number of carbonyl (C=O) groups excluding carboxylic acids is 1. The molecule has 60 valence electrons. The third-order valence-electron chi connectivity index (χ3n) is 0.406. The molecule has 0 saturated carbocycles. The summed E-state index contributed by atoms with van der Waals surface area (Å²) in [6.07, 6.45) is -1.70. The van der Waals surface area contributed by atoms with E-state index in [0.717, 1.165) is 0 Å². The van der Waals surface area contributed by atoms with E-state index in [4.69, 9.17) is 15.0 Å². The smallest absolute Gasteiger partial charge is 0.652 e. The third kappa shape index (κ3) is 94.5. The monoisotopic (exact) mass is 163 g/mol. The van der Waals surface area contributed by atoms with Crippen molar-refractivity contribution in [2.75, 3.05) is 6.54 Å². The van der Waals surface area contributed by atoms with E-state index in [9.17, 15) is 10.1 Å². The number of nitro groups is 1. The number of carboxylic acid groups (broad SMARTS) is 2. The zero-order chi connectivity index (χ0) is 8.57. The van der Waals surface area contributed by atoms with Crippen LogP contribution in [0.15, 0.2) is 0 Å². The molecule has 0 amide bonds. The van der Waals surface area contributed by atoms with Gasteiger partial charge in [-0.25, -0.2) is 0 Å². The maximum absolute atomic E-state index is 9.40. The van der Waals surface area contributed by atoms with E-state index in [1.165, 1.54) is 0 Å². The van der Waals surface area contributed by atoms with Gasteiger partial charge >= 0.3 is 37.7 Å². The summed E-state index contributed by atoms with van der Waals surface area (Å²) in [7, 11) is 0. The number of carbonyl (C=O) groups is 1. The van der Waals surface area contributed by atoms with Crippen molar-refractivity contribution < 1.29 is 57.7 Å². The molecule has 0 bridgehead atoms. The first-order valence-corrected chi connectivity index (χ1v) is 2.50. The Morgan fingerprint density at radius 1 is 1.33 bits per heavy atom. The molecular formula is C4H7Li2NO5. The average molecular weight is 163 g/mol. The molecule has 0 aromatic carbocycles. The van der Waals surface area contributed by atoms with Crippen LogP contribution in [0.4, 0.5) is 4.79 Å². The van der Waals surface area contributed by atoms with Gasteiger partial charge in [0.25, 0.3) is 0 Å². The molecular weight excluding hydrogens is 156 g/mol. The molecule has 0 aromatic rings. The minimum atomic E-state index is -2.33. The molecule has 0 rings (SSSR count). The van der Waals surface area contributed by atoms with E-state index in [0.29, 0.717) is 6.42 Å². The molecule has 0 heterocycles. The first kappa shape index (κ1) is 22.6. The van der Waals surface area contributed by atoms with Crippen LogP contribution in [0.2, 0.25) is 0 Å². The average Bonchev–Trinajstić information content (AvgIpc) is 1.62. The summed E-state index contributed by atoms with van der Waals surface area (Å²) in [4.78, 5) is 17.4. The van der Waals surface area contributed by atoms with Gasteiger partial charge in [0.1, 0.15) is 0 Å². The zero-order valence-electron chi connectivity index (χ0n) is 7.40. The van der Waals surface area contributed by atoms with Crippen molar-refractivity contribution in [2.45, 2.75) is 13.3 Å². The Kier molecular flexibility index (Phi) is 32.3. The van der Waals surface area contributed by atoms with E-state index in [1.807, 2.05) is 0 Å². The normalized spacial score (nSPS) is 6.08. The van der Waals surface area contributed by atoms with E-state index in [1.54, 1.807) is 6.92 Å². The minimum Gasteiger partial charge on any atom is -0.652 e. The summed E-state index contributed by atoms with van der Waals surface area (Å²) in [6, 6.07) is 0. The van der Waals surface area contributed by atoms with Crippen molar-refractivity contribution >= 4 is 6.16 Å². The first-order valence-electron chi connectivity index (χ1n) is 2.50. The van der Waals surface area contributed by atoms with Crippen molar-refractivity contribution in [3.63, 3.8) is 0 Å². The molecule has 0 N–H and O–H groups in total.